The van der Waals surface area contributed by atoms with Gasteiger partial charge in [-0.3, -0.25) is 0 Å². The van der Waals surface area contributed by atoms with Crippen LogP contribution >= 0.6 is 11.8 Å². The highest BCUT2D eigenvalue weighted by Crippen LogP contribution is 2.21. The molecule has 1 saturated heterocycles. The SMILES string of the molecule is CC1CN(CCOCCOCCNCl)CC1C. The van der Waals surface area contributed by atoms with E-state index in [0.717, 1.165) is 25.0 Å². The second-order valence-electron chi connectivity index (χ2n) is 4.82. The number of nitrogens with one attached hydrogen (secondary N) is 1. The maximum absolute atomic E-state index is 5.53. The molecule has 5 heteroatoms. The molecule has 0 aromatic rings. The summed E-state index contributed by atoms with van der Waals surface area (Å²) in [6.07, 6.45) is 0. The van der Waals surface area contributed by atoms with E-state index in [4.69, 9.17) is 21.3 Å². The zero-order chi connectivity index (χ0) is 12.5. The molecule has 2 unspecified atom stereocenters. The summed E-state index contributed by atoms with van der Waals surface area (Å²) < 4.78 is 10.8. The van der Waals surface area contributed by atoms with Gasteiger partial charge in [-0.1, -0.05) is 13.8 Å². The number of nitrogens with zero attached hydrogens (tertiary/aromatic N) is 1. The van der Waals surface area contributed by atoms with Crippen molar-refractivity contribution in [2.75, 3.05) is 52.6 Å². The van der Waals surface area contributed by atoms with E-state index in [2.05, 4.69) is 23.6 Å². The molecule has 0 saturated carbocycles. The van der Waals surface area contributed by atoms with Crippen molar-refractivity contribution in [3.05, 3.63) is 0 Å². The smallest absolute Gasteiger partial charge is 0.0701 e. The van der Waals surface area contributed by atoms with Crippen LogP contribution in [-0.4, -0.2) is 57.5 Å². The van der Waals surface area contributed by atoms with Crippen molar-refractivity contribution in [2.24, 2.45) is 11.8 Å². The number of likely N-dealkylation sites (tertiary alicyclic amines) is 1. The fourth-order valence-electron chi connectivity index (χ4n) is 2.06. The summed E-state index contributed by atoms with van der Waals surface area (Å²) in [5, 5.41) is 0. The minimum Gasteiger partial charge on any atom is -0.378 e. The molecule has 0 bridgehead atoms. The van der Waals surface area contributed by atoms with Gasteiger partial charge < -0.3 is 14.4 Å². The molecule has 0 aromatic heterocycles. The molecule has 102 valence electrons. The fourth-order valence-corrected chi connectivity index (χ4v) is 2.14. The maximum Gasteiger partial charge on any atom is 0.0701 e. The molecule has 17 heavy (non-hydrogen) atoms. The molecule has 0 aliphatic carbocycles. The van der Waals surface area contributed by atoms with Gasteiger partial charge in [0.2, 0.25) is 0 Å². The van der Waals surface area contributed by atoms with Crippen molar-refractivity contribution in [1.82, 2.24) is 9.74 Å². The number of hydrogen-bond acceptors (Lipinski definition) is 4. The first-order chi connectivity index (χ1) is 8.24. The van der Waals surface area contributed by atoms with Gasteiger partial charge in [0.25, 0.3) is 0 Å². The van der Waals surface area contributed by atoms with Crippen LogP contribution in [0.1, 0.15) is 13.8 Å². The highest BCUT2D eigenvalue weighted by atomic mass is 35.5. The Morgan fingerprint density at radius 2 is 1.65 bits per heavy atom. The van der Waals surface area contributed by atoms with Crippen molar-refractivity contribution in [1.29, 1.82) is 0 Å². The lowest BCUT2D eigenvalue weighted by Crippen LogP contribution is -2.26. The second kappa shape index (κ2) is 9.11. The first-order valence-corrected chi connectivity index (χ1v) is 6.83. The zero-order valence-corrected chi connectivity index (χ0v) is 11.7. The Morgan fingerprint density at radius 1 is 1.06 bits per heavy atom. The van der Waals surface area contributed by atoms with E-state index >= 15 is 0 Å². The fraction of sp³-hybridized carbons (Fsp3) is 1.00. The van der Waals surface area contributed by atoms with Crippen molar-refractivity contribution in [2.45, 2.75) is 13.8 Å². The van der Waals surface area contributed by atoms with Crippen LogP contribution in [0, 0.1) is 11.8 Å². The number of halogens is 1. The summed E-state index contributed by atoms with van der Waals surface area (Å²) >= 11 is 5.29. The Morgan fingerprint density at radius 3 is 2.24 bits per heavy atom. The van der Waals surface area contributed by atoms with E-state index in [1.807, 2.05) is 0 Å². The number of rotatable bonds is 9. The molecule has 0 aromatic carbocycles. The summed E-state index contributed by atoms with van der Waals surface area (Å²) in [7, 11) is 0. The van der Waals surface area contributed by atoms with Gasteiger partial charge in [-0.05, 0) is 23.6 Å². The molecule has 0 radical (unpaired) electrons. The van der Waals surface area contributed by atoms with Crippen LogP contribution in [0.4, 0.5) is 0 Å². The molecule has 1 aliphatic heterocycles. The molecule has 2 atom stereocenters. The Labute approximate surface area is 110 Å². The van der Waals surface area contributed by atoms with Crippen LogP contribution in [0.25, 0.3) is 0 Å². The van der Waals surface area contributed by atoms with E-state index < -0.39 is 0 Å². The molecule has 1 aliphatic rings. The molecule has 4 nitrogen and oxygen atoms in total. The normalized spacial score (nSPS) is 25.6. The summed E-state index contributed by atoms with van der Waals surface area (Å²) in [5.74, 6) is 1.64. The van der Waals surface area contributed by atoms with Crippen molar-refractivity contribution in [3.8, 4) is 0 Å². The molecular weight excluding hydrogens is 240 g/mol. The first kappa shape index (κ1) is 15.2. The van der Waals surface area contributed by atoms with Crippen LogP contribution in [0.15, 0.2) is 0 Å². The summed E-state index contributed by atoms with van der Waals surface area (Å²) in [4.78, 5) is 4.99. The minimum atomic E-state index is 0.633. The third-order valence-electron chi connectivity index (χ3n) is 3.33. The topological polar surface area (TPSA) is 33.7 Å². The molecule has 1 fully saturated rings. The highest BCUT2D eigenvalue weighted by Gasteiger charge is 2.25. The van der Waals surface area contributed by atoms with Crippen LogP contribution in [0.3, 0.4) is 0 Å². The van der Waals surface area contributed by atoms with Gasteiger partial charge in [-0.25, -0.2) is 4.84 Å². The molecular formula is C12H25ClN2O2. The second-order valence-corrected chi connectivity index (χ2v) is 5.09. The number of ether oxygens (including phenoxy) is 2. The average Bonchev–Trinajstić information content (AvgIpc) is 2.62. The highest BCUT2D eigenvalue weighted by molar-refractivity contribution is 6.13. The standard InChI is InChI=1S/C12H25ClN2O2/c1-11-9-15(10-12(11)2)4-6-17-8-7-16-5-3-14-13/h11-12,14H,3-10H2,1-2H3. The molecule has 1 rings (SSSR count). The van der Waals surface area contributed by atoms with E-state index in [-0.39, 0.29) is 0 Å². The van der Waals surface area contributed by atoms with Gasteiger partial charge in [0.05, 0.1) is 26.4 Å². The predicted octanol–water partition coefficient (Wildman–Crippen LogP) is 1.35. The number of hydrogen-bond donors (Lipinski definition) is 1. The Kier molecular flexibility index (Phi) is 8.14. The zero-order valence-electron chi connectivity index (χ0n) is 11.0. The lowest BCUT2D eigenvalue weighted by molar-refractivity contribution is 0.0423. The first-order valence-electron chi connectivity index (χ1n) is 6.45. The van der Waals surface area contributed by atoms with Gasteiger partial charge in [-0.2, -0.15) is 0 Å². The lowest BCUT2D eigenvalue weighted by Gasteiger charge is -2.15. The van der Waals surface area contributed by atoms with Crippen LogP contribution in [0.5, 0.6) is 0 Å². The third kappa shape index (κ3) is 6.58. The van der Waals surface area contributed by atoms with Crippen LogP contribution < -0.4 is 4.84 Å². The lowest BCUT2D eigenvalue weighted by atomic mass is 10.0. The van der Waals surface area contributed by atoms with E-state index in [1.165, 1.54) is 13.1 Å². The van der Waals surface area contributed by atoms with Gasteiger partial charge in [-0.15, -0.1) is 0 Å². The van der Waals surface area contributed by atoms with Gasteiger partial charge in [0, 0.05) is 26.2 Å². The molecule has 1 heterocycles. The van der Waals surface area contributed by atoms with Gasteiger partial charge in [0.1, 0.15) is 0 Å². The van der Waals surface area contributed by atoms with E-state index in [0.29, 0.717) is 26.4 Å². The van der Waals surface area contributed by atoms with E-state index in [1.54, 1.807) is 0 Å². The molecule has 1 N–H and O–H groups in total. The summed E-state index contributed by atoms with van der Waals surface area (Å²) in [6, 6.07) is 0. The minimum absolute atomic E-state index is 0.633. The maximum atomic E-state index is 5.53. The molecule has 0 spiro atoms. The Bertz CT molecular complexity index is 185. The summed E-state index contributed by atoms with van der Waals surface area (Å²) in [6.45, 7) is 11.5. The Balaban J connectivity index is 1.85. The third-order valence-corrected chi connectivity index (χ3v) is 3.52. The largest absolute Gasteiger partial charge is 0.378 e. The van der Waals surface area contributed by atoms with Gasteiger partial charge >= 0.3 is 0 Å². The predicted molar refractivity (Wildman–Crippen MR) is 70.3 cm³/mol. The van der Waals surface area contributed by atoms with E-state index in [9.17, 15) is 0 Å². The summed E-state index contributed by atoms with van der Waals surface area (Å²) in [5.41, 5.74) is 0. The molecule has 0 amide bonds. The monoisotopic (exact) mass is 264 g/mol. The van der Waals surface area contributed by atoms with Crippen molar-refractivity contribution >= 4 is 11.8 Å². The van der Waals surface area contributed by atoms with Crippen molar-refractivity contribution in [3.63, 3.8) is 0 Å². The van der Waals surface area contributed by atoms with Crippen molar-refractivity contribution < 1.29 is 9.47 Å². The van der Waals surface area contributed by atoms with Crippen LogP contribution in [0.2, 0.25) is 0 Å². The quantitative estimate of drug-likeness (QED) is 0.504. The van der Waals surface area contributed by atoms with Gasteiger partial charge in [0.15, 0.2) is 0 Å². The van der Waals surface area contributed by atoms with Crippen LogP contribution in [-0.2, 0) is 9.47 Å². The average molecular weight is 265 g/mol. The Hall–Kier alpha value is 0.130.